The average Bonchev–Trinajstić information content (AvgIpc) is 2.67. The Morgan fingerprint density at radius 3 is 2.56 bits per heavy atom. The summed E-state index contributed by atoms with van der Waals surface area (Å²) in [5, 5.41) is 1.59. The quantitative estimate of drug-likeness (QED) is 0.301. The molecular formula is C18H20Cl2N4O2S. The number of carbonyl (C=O) groups excluding carboxylic acids is 1. The fourth-order valence-corrected chi connectivity index (χ4v) is 3.96. The van der Waals surface area contributed by atoms with Crippen LogP contribution in [0.4, 0.5) is 11.5 Å². The van der Waals surface area contributed by atoms with Crippen molar-refractivity contribution >= 4 is 52.4 Å². The standard InChI is InChI=1S/C18H20Cl2N4O2S/c1-2-26-17(25)12-27-18-21-15(20)11-16(22-18)24-9-7-23(8-10-24)14-6-4-3-5-13(14)19/h3-6,11H,2,7-10,12H2,1H3. The van der Waals surface area contributed by atoms with Crippen molar-refractivity contribution in [3.63, 3.8) is 0 Å². The molecule has 144 valence electrons. The minimum absolute atomic E-state index is 0.161. The number of thioether (sulfide) groups is 1. The lowest BCUT2D eigenvalue weighted by Crippen LogP contribution is -2.47. The molecule has 1 fully saturated rings. The number of rotatable bonds is 6. The molecular weight excluding hydrogens is 407 g/mol. The highest BCUT2D eigenvalue weighted by Gasteiger charge is 2.21. The van der Waals surface area contributed by atoms with E-state index in [0.29, 0.717) is 16.9 Å². The summed E-state index contributed by atoms with van der Waals surface area (Å²) in [6.45, 7) is 5.38. The Morgan fingerprint density at radius 2 is 1.85 bits per heavy atom. The number of esters is 1. The molecule has 1 aromatic carbocycles. The summed E-state index contributed by atoms with van der Waals surface area (Å²) in [5.74, 6) is 0.634. The molecule has 0 spiro atoms. The van der Waals surface area contributed by atoms with Gasteiger partial charge in [-0.05, 0) is 19.1 Å². The number of hydrogen-bond donors (Lipinski definition) is 0. The van der Waals surface area contributed by atoms with Gasteiger partial charge in [0.15, 0.2) is 5.16 Å². The first-order valence-electron chi connectivity index (χ1n) is 8.64. The van der Waals surface area contributed by atoms with Crippen LogP contribution in [0.15, 0.2) is 35.5 Å². The maximum atomic E-state index is 11.5. The second-order valence-corrected chi connectivity index (χ2v) is 7.59. The van der Waals surface area contributed by atoms with Crippen molar-refractivity contribution in [2.75, 3.05) is 48.3 Å². The molecule has 27 heavy (non-hydrogen) atoms. The summed E-state index contributed by atoms with van der Waals surface area (Å²) < 4.78 is 4.93. The van der Waals surface area contributed by atoms with Gasteiger partial charge in [-0.3, -0.25) is 4.79 Å². The number of halogens is 2. The second kappa shape index (κ2) is 9.48. The lowest BCUT2D eigenvalue weighted by atomic mass is 10.2. The van der Waals surface area contributed by atoms with Crippen molar-refractivity contribution in [2.24, 2.45) is 0 Å². The van der Waals surface area contributed by atoms with Crippen molar-refractivity contribution < 1.29 is 9.53 Å². The highest BCUT2D eigenvalue weighted by atomic mass is 35.5. The zero-order valence-electron chi connectivity index (χ0n) is 14.9. The van der Waals surface area contributed by atoms with E-state index < -0.39 is 0 Å². The molecule has 6 nitrogen and oxygen atoms in total. The van der Waals surface area contributed by atoms with Crippen LogP contribution in [-0.2, 0) is 9.53 Å². The number of aromatic nitrogens is 2. The second-order valence-electron chi connectivity index (χ2n) is 5.85. The molecule has 1 saturated heterocycles. The number of para-hydroxylation sites is 1. The van der Waals surface area contributed by atoms with Gasteiger partial charge in [0.2, 0.25) is 0 Å². The van der Waals surface area contributed by atoms with E-state index in [0.717, 1.165) is 42.7 Å². The molecule has 3 rings (SSSR count). The molecule has 2 heterocycles. The van der Waals surface area contributed by atoms with E-state index in [1.807, 2.05) is 24.3 Å². The van der Waals surface area contributed by atoms with Crippen molar-refractivity contribution in [3.8, 4) is 0 Å². The largest absolute Gasteiger partial charge is 0.465 e. The fraction of sp³-hybridized carbons (Fsp3) is 0.389. The Hall–Kier alpha value is -1.70. The van der Waals surface area contributed by atoms with E-state index in [9.17, 15) is 4.79 Å². The van der Waals surface area contributed by atoms with Gasteiger partial charge in [-0.15, -0.1) is 0 Å². The lowest BCUT2D eigenvalue weighted by Gasteiger charge is -2.37. The van der Waals surface area contributed by atoms with E-state index in [1.54, 1.807) is 13.0 Å². The van der Waals surface area contributed by atoms with E-state index in [2.05, 4.69) is 19.8 Å². The number of ether oxygens (including phenoxy) is 1. The normalized spacial score (nSPS) is 14.3. The molecule has 0 bridgehead atoms. The highest BCUT2D eigenvalue weighted by molar-refractivity contribution is 7.99. The first kappa shape index (κ1) is 20.0. The predicted octanol–water partition coefficient (Wildman–Crippen LogP) is 3.77. The first-order valence-corrected chi connectivity index (χ1v) is 10.4. The monoisotopic (exact) mass is 426 g/mol. The number of anilines is 2. The van der Waals surface area contributed by atoms with Crippen LogP contribution in [0.2, 0.25) is 10.2 Å². The molecule has 0 N–H and O–H groups in total. The number of nitrogens with zero attached hydrogens (tertiary/aromatic N) is 4. The van der Waals surface area contributed by atoms with Crippen molar-refractivity contribution in [1.82, 2.24) is 9.97 Å². The molecule has 0 saturated carbocycles. The van der Waals surface area contributed by atoms with Crippen molar-refractivity contribution in [1.29, 1.82) is 0 Å². The average molecular weight is 427 g/mol. The van der Waals surface area contributed by atoms with E-state index in [-0.39, 0.29) is 11.7 Å². The third kappa shape index (κ3) is 5.40. The van der Waals surface area contributed by atoms with E-state index in [4.69, 9.17) is 27.9 Å². The maximum absolute atomic E-state index is 11.5. The molecule has 1 aliphatic heterocycles. The van der Waals surface area contributed by atoms with Crippen LogP contribution in [0.1, 0.15) is 6.92 Å². The molecule has 0 amide bonds. The highest BCUT2D eigenvalue weighted by Crippen LogP contribution is 2.28. The minimum Gasteiger partial charge on any atom is -0.465 e. The summed E-state index contributed by atoms with van der Waals surface area (Å²) in [6, 6.07) is 9.61. The zero-order chi connectivity index (χ0) is 19.2. The molecule has 9 heteroatoms. The molecule has 0 aliphatic carbocycles. The van der Waals surface area contributed by atoms with Crippen LogP contribution in [-0.4, -0.2) is 54.5 Å². The summed E-state index contributed by atoms with van der Waals surface area (Å²) in [7, 11) is 0. The van der Waals surface area contributed by atoms with Crippen LogP contribution < -0.4 is 9.80 Å². The molecule has 0 unspecified atom stereocenters. The van der Waals surface area contributed by atoms with Gasteiger partial charge in [-0.2, -0.15) is 0 Å². The van der Waals surface area contributed by atoms with Crippen molar-refractivity contribution in [2.45, 2.75) is 12.1 Å². The fourth-order valence-electron chi connectivity index (χ4n) is 2.82. The van der Waals surface area contributed by atoms with Crippen LogP contribution in [0.5, 0.6) is 0 Å². The third-order valence-corrected chi connectivity index (χ3v) is 5.42. The van der Waals surface area contributed by atoms with Gasteiger partial charge < -0.3 is 14.5 Å². The topological polar surface area (TPSA) is 58.6 Å². The Bertz CT molecular complexity index is 801. The SMILES string of the molecule is CCOC(=O)CSc1nc(Cl)cc(N2CCN(c3ccccc3Cl)CC2)n1. The minimum atomic E-state index is -0.291. The number of piperazine rings is 1. The Labute approximate surface area is 172 Å². The van der Waals surface area contributed by atoms with Crippen LogP contribution >= 0.6 is 35.0 Å². The van der Waals surface area contributed by atoms with E-state index >= 15 is 0 Å². The van der Waals surface area contributed by atoms with Crippen LogP contribution in [0.3, 0.4) is 0 Å². The Kier molecular flexibility index (Phi) is 7.04. The molecule has 0 radical (unpaired) electrons. The van der Waals surface area contributed by atoms with Gasteiger partial charge in [0.1, 0.15) is 11.0 Å². The van der Waals surface area contributed by atoms with Gasteiger partial charge in [0.05, 0.1) is 23.1 Å². The third-order valence-electron chi connectivity index (χ3n) is 4.08. The number of hydrogen-bond acceptors (Lipinski definition) is 7. The first-order chi connectivity index (χ1) is 13.1. The lowest BCUT2D eigenvalue weighted by molar-refractivity contribution is -0.139. The Morgan fingerprint density at radius 1 is 1.15 bits per heavy atom. The smallest absolute Gasteiger partial charge is 0.316 e. The van der Waals surface area contributed by atoms with E-state index in [1.165, 1.54) is 11.8 Å². The van der Waals surface area contributed by atoms with Gasteiger partial charge in [0.25, 0.3) is 0 Å². The summed E-state index contributed by atoms with van der Waals surface area (Å²) in [6.07, 6.45) is 0. The van der Waals surface area contributed by atoms with Gasteiger partial charge in [-0.1, -0.05) is 47.1 Å². The van der Waals surface area contributed by atoms with Gasteiger partial charge in [-0.25, -0.2) is 9.97 Å². The number of carbonyl (C=O) groups is 1. The van der Waals surface area contributed by atoms with Crippen molar-refractivity contribution in [3.05, 3.63) is 40.5 Å². The number of benzene rings is 1. The Balaban J connectivity index is 1.64. The molecule has 2 aromatic rings. The molecule has 0 atom stereocenters. The summed E-state index contributed by atoms with van der Waals surface area (Å²) in [4.78, 5) is 24.7. The van der Waals surface area contributed by atoms with Crippen LogP contribution in [0.25, 0.3) is 0 Å². The van der Waals surface area contributed by atoms with Crippen LogP contribution in [0, 0.1) is 0 Å². The zero-order valence-corrected chi connectivity index (χ0v) is 17.2. The summed E-state index contributed by atoms with van der Waals surface area (Å²) >= 11 is 13.7. The maximum Gasteiger partial charge on any atom is 0.316 e. The summed E-state index contributed by atoms with van der Waals surface area (Å²) in [5.41, 5.74) is 1.05. The van der Waals surface area contributed by atoms with Gasteiger partial charge in [0, 0.05) is 32.2 Å². The molecule has 1 aromatic heterocycles. The van der Waals surface area contributed by atoms with Gasteiger partial charge >= 0.3 is 5.97 Å². The predicted molar refractivity (Wildman–Crippen MR) is 110 cm³/mol. The molecule has 1 aliphatic rings.